The van der Waals surface area contributed by atoms with E-state index in [-0.39, 0.29) is 30.1 Å². The van der Waals surface area contributed by atoms with Crippen LogP contribution < -0.4 is 0 Å². The molecule has 7 heteroatoms. The third-order valence-electron chi connectivity index (χ3n) is 5.58. The number of likely N-dealkylation sites (tertiary alicyclic amines) is 1. The van der Waals surface area contributed by atoms with Crippen LogP contribution in [0.2, 0.25) is 0 Å². The minimum atomic E-state index is -0.185. The summed E-state index contributed by atoms with van der Waals surface area (Å²) >= 11 is 0. The van der Waals surface area contributed by atoms with Gasteiger partial charge < -0.3 is 24.0 Å². The summed E-state index contributed by atoms with van der Waals surface area (Å²) in [6.45, 7) is 6.75. The topological polar surface area (TPSA) is 68.3 Å². The van der Waals surface area contributed by atoms with Crippen molar-refractivity contribution in [2.24, 2.45) is 0 Å². The normalized spacial score (nSPS) is 26.7. The first kappa shape index (κ1) is 18.6. The predicted molar refractivity (Wildman–Crippen MR) is 91.2 cm³/mol. The van der Waals surface area contributed by atoms with Crippen molar-refractivity contribution in [2.45, 2.75) is 50.7 Å². The average molecular weight is 354 g/mol. The van der Waals surface area contributed by atoms with Crippen molar-refractivity contribution in [3.05, 3.63) is 0 Å². The quantitative estimate of drug-likeness (QED) is 0.747. The Balaban J connectivity index is 1.45. The highest BCUT2D eigenvalue weighted by molar-refractivity contribution is 5.77. The van der Waals surface area contributed by atoms with Crippen LogP contribution in [0.25, 0.3) is 0 Å². The molecule has 142 valence electrons. The van der Waals surface area contributed by atoms with Gasteiger partial charge in [-0.3, -0.25) is 9.59 Å². The molecule has 1 atom stereocenters. The van der Waals surface area contributed by atoms with E-state index in [4.69, 9.17) is 14.2 Å². The molecule has 0 aromatic rings. The van der Waals surface area contributed by atoms with Crippen LogP contribution >= 0.6 is 0 Å². The number of rotatable bonds is 4. The van der Waals surface area contributed by atoms with Gasteiger partial charge in [0.1, 0.15) is 6.61 Å². The van der Waals surface area contributed by atoms with Gasteiger partial charge in [0, 0.05) is 45.6 Å². The van der Waals surface area contributed by atoms with Crippen molar-refractivity contribution in [1.82, 2.24) is 9.80 Å². The molecule has 2 amide bonds. The number of ether oxygens (including phenoxy) is 3. The highest BCUT2D eigenvalue weighted by atomic mass is 16.5. The zero-order valence-corrected chi connectivity index (χ0v) is 15.2. The smallest absolute Gasteiger partial charge is 0.248 e. The Morgan fingerprint density at radius 3 is 2.40 bits per heavy atom. The van der Waals surface area contributed by atoms with E-state index in [0.717, 1.165) is 38.8 Å². The number of carbonyl (C=O) groups excluding carboxylic acids is 2. The molecule has 0 radical (unpaired) electrons. The summed E-state index contributed by atoms with van der Waals surface area (Å²) < 4.78 is 17.3. The molecule has 3 saturated heterocycles. The molecule has 0 aromatic heterocycles. The largest absolute Gasteiger partial charge is 0.378 e. The fourth-order valence-corrected chi connectivity index (χ4v) is 3.95. The molecule has 1 unspecified atom stereocenters. The minimum absolute atomic E-state index is 0.0483. The van der Waals surface area contributed by atoms with Gasteiger partial charge in [-0.25, -0.2) is 0 Å². The Kier molecular flexibility index (Phi) is 6.30. The molecule has 3 aliphatic heterocycles. The first-order chi connectivity index (χ1) is 12.1. The van der Waals surface area contributed by atoms with E-state index in [2.05, 4.69) is 0 Å². The molecule has 0 aromatic carbocycles. The molecule has 3 heterocycles. The van der Waals surface area contributed by atoms with Crippen molar-refractivity contribution in [2.75, 3.05) is 52.6 Å². The summed E-state index contributed by atoms with van der Waals surface area (Å²) in [5.41, 5.74) is -0.185. The highest BCUT2D eigenvalue weighted by Crippen LogP contribution is 2.36. The molecule has 3 aliphatic rings. The summed E-state index contributed by atoms with van der Waals surface area (Å²) in [7, 11) is 0. The second-order valence-corrected chi connectivity index (χ2v) is 7.18. The van der Waals surface area contributed by atoms with E-state index in [1.807, 2.05) is 16.7 Å². The van der Waals surface area contributed by atoms with Crippen LogP contribution in [0.1, 0.15) is 39.0 Å². The Labute approximate surface area is 149 Å². The van der Waals surface area contributed by atoms with Crippen LogP contribution in [0.5, 0.6) is 0 Å². The van der Waals surface area contributed by atoms with E-state index in [1.54, 1.807) is 0 Å². The lowest BCUT2D eigenvalue weighted by Gasteiger charge is -2.46. The fourth-order valence-electron chi connectivity index (χ4n) is 3.95. The van der Waals surface area contributed by atoms with Crippen LogP contribution in [0.3, 0.4) is 0 Å². The molecule has 3 fully saturated rings. The predicted octanol–water partition coefficient (Wildman–Crippen LogP) is 0.812. The Morgan fingerprint density at radius 2 is 1.72 bits per heavy atom. The van der Waals surface area contributed by atoms with Crippen molar-refractivity contribution in [3.63, 3.8) is 0 Å². The lowest BCUT2D eigenvalue weighted by atomic mass is 9.83. The molecular weight excluding hydrogens is 324 g/mol. The van der Waals surface area contributed by atoms with Gasteiger partial charge in [-0.1, -0.05) is 6.92 Å². The second kappa shape index (κ2) is 8.47. The first-order valence-electron chi connectivity index (χ1n) is 9.51. The summed E-state index contributed by atoms with van der Waals surface area (Å²) in [6, 6.07) is 0. The molecule has 0 aliphatic carbocycles. The third-order valence-corrected chi connectivity index (χ3v) is 5.58. The van der Waals surface area contributed by atoms with E-state index in [1.165, 1.54) is 0 Å². The summed E-state index contributed by atoms with van der Waals surface area (Å²) in [4.78, 5) is 27.8. The van der Waals surface area contributed by atoms with Gasteiger partial charge in [-0.15, -0.1) is 0 Å². The number of carbonyl (C=O) groups is 2. The van der Waals surface area contributed by atoms with Gasteiger partial charge in [-0.05, 0) is 19.3 Å². The standard InChI is InChI=1S/C18H30N2O5/c1-2-16(21)19-6-4-18(5-7-19)13-15(3-10-25-18)24-14-17(22)20-8-11-23-12-9-20/h15H,2-14H2,1H3. The van der Waals surface area contributed by atoms with Crippen molar-refractivity contribution in [3.8, 4) is 0 Å². The lowest BCUT2D eigenvalue weighted by molar-refractivity contribution is -0.167. The first-order valence-corrected chi connectivity index (χ1v) is 9.51. The number of hydrogen-bond donors (Lipinski definition) is 0. The van der Waals surface area contributed by atoms with Gasteiger partial charge >= 0.3 is 0 Å². The Hall–Kier alpha value is -1.18. The maximum Gasteiger partial charge on any atom is 0.248 e. The Morgan fingerprint density at radius 1 is 1.04 bits per heavy atom. The third kappa shape index (κ3) is 4.71. The average Bonchev–Trinajstić information content (AvgIpc) is 2.67. The monoisotopic (exact) mass is 354 g/mol. The van der Waals surface area contributed by atoms with Gasteiger partial charge in [0.25, 0.3) is 0 Å². The number of hydrogen-bond acceptors (Lipinski definition) is 5. The van der Waals surface area contributed by atoms with Gasteiger partial charge in [0.15, 0.2) is 0 Å². The molecule has 0 saturated carbocycles. The van der Waals surface area contributed by atoms with Crippen LogP contribution in [0, 0.1) is 0 Å². The lowest BCUT2D eigenvalue weighted by Crippen LogP contribution is -2.52. The Bertz CT molecular complexity index is 470. The van der Waals surface area contributed by atoms with Crippen molar-refractivity contribution >= 4 is 11.8 Å². The summed E-state index contributed by atoms with van der Waals surface area (Å²) in [6.07, 6.45) is 3.98. The van der Waals surface area contributed by atoms with E-state index >= 15 is 0 Å². The number of morpholine rings is 1. The van der Waals surface area contributed by atoms with E-state index in [9.17, 15) is 9.59 Å². The van der Waals surface area contributed by atoms with Crippen LogP contribution in [-0.4, -0.2) is 85.9 Å². The van der Waals surface area contributed by atoms with Crippen LogP contribution in [0.15, 0.2) is 0 Å². The molecule has 0 N–H and O–H groups in total. The van der Waals surface area contributed by atoms with E-state index < -0.39 is 0 Å². The SMILES string of the molecule is CCC(=O)N1CCC2(CC1)CC(OCC(=O)N1CCOCC1)CCO2. The summed E-state index contributed by atoms with van der Waals surface area (Å²) in [5, 5.41) is 0. The highest BCUT2D eigenvalue weighted by Gasteiger charge is 2.41. The maximum absolute atomic E-state index is 12.2. The number of piperidine rings is 1. The minimum Gasteiger partial charge on any atom is -0.378 e. The zero-order valence-electron chi connectivity index (χ0n) is 15.2. The molecule has 1 spiro atoms. The van der Waals surface area contributed by atoms with Gasteiger partial charge in [0.05, 0.1) is 24.9 Å². The number of amides is 2. The van der Waals surface area contributed by atoms with Gasteiger partial charge in [0.2, 0.25) is 11.8 Å². The van der Waals surface area contributed by atoms with Gasteiger partial charge in [-0.2, -0.15) is 0 Å². The molecule has 0 bridgehead atoms. The second-order valence-electron chi connectivity index (χ2n) is 7.18. The zero-order chi connectivity index (χ0) is 17.7. The van der Waals surface area contributed by atoms with Crippen molar-refractivity contribution in [1.29, 1.82) is 0 Å². The maximum atomic E-state index is 12.2. The van der Waals surface area contributed by atoms with E-state index in [0.29, 0.717) is 39.3 Å². The van der Waals surface area contributed by atoms with Crippen LogP contribution in [-0.2, 0) is 23.8 Å². The molecular formula is C18H30N2O5. The number of nitrogens with zero attached hydrogens (tertiary/aromatic N) is 2. The molecule has 7 nitrogen and oxygen atoms in total. The molecule has 3 rings (SSSR count). The van der Waals surface area contributed by atoms with Crippen LogP contribution in [0.4, 0.5) is 0 Å². The summed E-state index contributed by atoms with van der Waals surface area (Å²) in [5.74, 6) is 0.266. The fraction of sp³-hybridized carbons (Fsp3) is 0.889. The van der Waals surface area contributed by atoms with Crippen molar-refractivity contribution < 1.29 is 23.8 Å². The molecule has 25 heavy (non-hydrogen) atoms.